The normalized spacial score (nSPS) is 11.3. The average molecular weight is 321 g/mol. The summed E-state index contributed by atoms with van der Waals surface area (Å²) in [6.45, 7) is 7.72. The summed E-state index contributed by atoms with van der Waals surface area (Å²) in [5.41, 5.74) is 2.44. The van der Waals surface area contributed by atoms with E-state index in [0.29, 0.717) is 24.5 Å². The molecule has 0 saturated carbocycles. The van der Waals surface area contributed by atoms with Crippen LogP contribution in [-0.4, -0.2) is 34.3 Å². The molecule has 0 unspecified atom stereocenters. The number of aryl methyl sites for hydroxylation is 1. The largest absolute Gasteiger partial charge is 0.351 e. The van der Waals surface area contributed by atoms with Crippen LogP contribution in [0.2, 0.25) is 0 Å². The van der Waals surface area contributed by atoms with Crippen molar-refractivity contribution in [3.8, 4) is 0 Å². The van der Waals surface area contributed by atoms with Crippen molar-refractivity contribution in [2.45, 2.75) is 40.0 Å². The van der Waals surface area contributed by atoms with Gasteiger partial charge in [-0.3, -0.25) is 9.67 Å². The van der Waals surface area contributed by atoms with Crippen molar-refractivity contribution < 1.29 is 9.47 Å². The molecule has 0 saturated heterocycles. The van der Waals surface area contributed by atoms with Crippen molar-refractivity contribution in [3.05, 3.63) is 46.0 Å². The molecule has 1 aromatic heterocycles. The van der Waals surface area contributed by atoms with E-state index in [1.165, 1.54) is 11.1 Å². The summed E-state index contributed by atoms with van der Waals surface area (Å²) >= 11 is 5.33. The van der Waals surface area contributed by atoms with Gasteiger partial charge in [-0.15, -0.1) is 0 Å². The molecule has 5 nitrogen and oxygen atoms in total. The van der Waals surface area contributed by atoms with E-state index in [4.69, 9.17) is 21.7 Å². The van der Waals surface area contributed by atoms with Crippen molar-refractivity contribution >= 4 is 12.2 Å². The number of benzene rings is 1. The zero-order valence-corrected chi connectivity index (χ0v) is 14.2. The number of rotatable bonds is 8. The van der Waals surface area contributed by atoms with Crippen LogP contribution in [0.25, 0.3) is 0 Å². The molecule has 0 amide bonds. The number of aromatic nitrogens is 3. The van der Waals surface area contributed by atoms with Crippen LogP contribution in [0.5, 0.6) is 0 Å². The Morgan fingerprint density at radius 3 is 2.41 bits per heavy atom. The van der Waals surface area contributed by atoms with Gasteiger partial charge in [0.25, 0.3) is 0 Å². The quantitative estimate of drug-likeness (QED) is 0.599. The summed E-state index contributed by atoms with van der Waals surface area (Å²) in [4.78, 5) is 0. The summed E-state index contributed by atoms with van der Waals surface area (Å²) in [7, 11) is 0. The van der Waals surface area contributed by atoms with Gasteiger partial charge < -0.3 is 9.47 Å². The molecule has 22 heavy (non-hydrogen) atoms. The summed E-state index contributed by atoms with van der Waals surface area (Å²) in [5.74, 6) is 0.887. The fourth-order valence-electron chi connectivity index (χ4n) is 2.24. The highest BCUT2D eigenvalue weighted by Gasteiger charge is 2.14. The van der Waals surface area contributed by atoms with Crippen molar-refractivity contribution in [2.24, 2.45) is 0 Å². The van der Waals surface area contributed by atoms with Crippen LogP contribution in [0.4, 0.5) is 0 Å². The van der Waals surface area contributed by atoms with Crippen LogP contribution >= 0.6 is 12.2 Å². The molecular weight excluding hydrogens is 298 g/mol. The predicted molar refractivity (Wildman–Crippen MR) is 88.4 cm³/mol. The van der Waals surface area contributed by atoms with E-state index >= 15 is 0 Å². The number of aromatic amines is 1. The topological polar surface area (TPSA) is 52.1 Å². The van der Waals surface area contributed by atoms with E-state index in [-0.39, 0.29) is 6.29 Å². The first-order valence-corrected chi connectivity index (χ1v) is 7.97. The summed E-state index contributed by atoms with van der Waals surface area (Å²) in [5, 5.41) is 7.20. The summed E-state index contributed by atoms with van der Waals surface area (Å²) in [6.07, 6.45) is 0.411. The lowest BCUT2D eigenvalue weighted by molar-refractivity contribution is -0.144. The molecule has 0 aliphatic carbocycles. The van der Waals surface area contributed by atoms with Gasteiger partial charge in [0.1, 0.15) is 5.82 Å². The van der Waals surface area contributed by atoms with Gasteiger partial charge in [-0.05, 0) is 38.6 Å². The Kier molecular flexibility index (Phi) is 6.30. The molecule has 1 heterocycles. The fraction of sp³-hybridized carbons (Fsp3) is 0.500. The molecule has 0 aliphatic heterocycles. The number of H-pyrrole nitrogens is 1. The minimum absolute atomic E-state index is 0.309. The zero-order valence-electron chi connectivity index (χ0n) is 13.3. The second-order valence-corrected chi connectivity index (χ2v) is 5.44. The Hall–Kier alpha value is -1.50. The van der Waals surface area contributed by atoms with Gasteiger partial charge in [0.15, 0.2) is 11.1 Å². The van der Waals surface area contributed by atoms with Crippen molar-refractivity contribution in [1.29, 1.82) is 0 Å². The first-order chi connectivity index (χ1) is 10.6. The number of hydrogen-bond donors (Lipinski definition) is 1. The van der Waals surface area contributed by atoms with E-state index in [9.17, 15) is 0 Å². The van der Waals surface area contributed by atoms with Crippen LogP contribution < -0.4 is 0 Å². The number of ether oxygens (including phenoxy) is 2. The fourth-order valence-corrected chi connectivity index (χ4v) is 2.46. The second kappa shape index (κ2) is 8.22. The maximum atomic E-state index is 5.60. The first-order valence-electron chi connectivity index (χ1n) is 7.56. The highest BCUT2D eigenvalue weighted by atomic mass is 32.1. The zero-order chi connectivity index (χ0) is 15.9. The Labute approximate surface area is 136 Å². The lowest BCUT2D eigenvalue weighted by Gasteiger charge is -2.18. The van der Waals surface area contributed by atoms with Gasteiger partial charge in [-0.1, -0.05) is 29.8 Å². The van der Waals surface area contributed by atoms with Gasteiger partial charge in [0, 0.05) is 19.6 Å². The molecule has 6 heteroatoms. The third-order valence-electron chi connectivity index (χ3n) is 3.36. The van der Waals surface area contributed by atoms with E-state index in [2.05, 4.69) is 41.4 Å². The van der Waals surface area contributed by atoms with Gasteiger partial charge >= 0.3 is 0 Å². The minimum atomic E-state index is -0.309. The van der Waals surface area contributed by atoms with Crippen LogP contribution in [0.15, 0.2) is 24.3 Å². The molecule has 0 bridgehead atoms. The highest BCUT2D eigenvalue weighted by molar-refractivity contribution is 7.71. The van der Waals surface area contributed by atoms with Crippen molar-refractivity contribution in [3.63, 3.8) is 0 Å². The van der Waals surface area contributed by atoms with Gasteiger partial charge in [0.05, 0.1) is 6.54 Å². The van der Waals surface area contributed by atoms with Gasteiger partial charge in [-0.2, -0.15) is 5.10 Å². The van der Waals surface area contributed by atoms with Gasteiger partial charge in [0.2, 0.25) is 0 Å². The molecule has 0 fully saturated rings. The third-order valence-corrected chi connectivity index (χ3v) is 3.67. The molecule has 2 rings (SSSR count). The van der Waals surface area contributed by atoms with Crippen molar-refractivity contribution in [2.75, 3.05) is 13.2 Å². The van der Waals surface area contributed by atoms with E-state index in [1.54, 1.807) is 0 Å². The number of hydrogen-bond acceptors (Lipinski definition) is 4. The van der Waals surface area contributed by atoms with Crippen LogP contribution in [0, 0.1) is 11.7 Å². The van der Waals surface area contributed by atoms with Crippen LogP contribution in [-0.2, 0) is 22.4 Å². The maximum absolute atomic E-state index is 5.60. The molecule has 0 atom stereocenters. The summed E-state index contributed by atoms with van der Waals surface area (Å²) in [6, 6.07) is 8.42. The standard InChI is InChI=1S/C16H23N3O2S/c1-4-20-15(21-5-2)11-19-14(17-18-16(19)22)10-13-8-6-12(3)7-9-13/h6-9,15H,4-5,10-11H2,1-3H3,(H,18,22). The number of nitrogens with zero attached hydrogens (tertiary/aromatic N) is 2. The molecular formula is C16H23N3O2S. The Bertz CT molecular complexity index is 628. The maximum Gasteiger partial charge on any atom is 0.195 e. The SMILES string of the molecule is CCOC(Cn1c(Cc2ccc(C)cc2)n[nH]c1=S)OCC. The second-order valence-electron chi connectivity index (χ2n) is 5.06. The smallest absolute Gasteiger partial charge is 0.195 e. The van der Waals surface area contributed by atoms with E-state index in [1.807, 2.05) is 18.4 Å². The molecule has 120 valence electrons. The van der Waals surface area contributed by atoms with E-state index < -0.39 is 0 Å². The highest BCUT2D eigenvalue weighted by Crippen LogP contribution is 2.11. The molecule has 0 spiro atoms. The first kappa shape index (κ1) is 16.9. The lowest BCUT2D eigenvalue weighted by Crippen LogP contribution is -2.25. The Balaban J connectivity index is 2.16. The van der Waals surface area contributed by atoms with Crippen LogP contribution in [0.3, 0.4) is 0 Å². The molecule has 0 aliphatic rings. The number of nitrogens with one attached hydrogen (secondary N) is 1. The lowest BCUT2D eigenvalue weighted by atomic mass is 10.1. The van der Waals surface area contributed by atoms with Crippen LogP contribution in [0.1, 0.15) is 30.8 Å². The molecule has 0 radical (unpaired) electrons. The van der Waals surface area contributed by atoms with Gasteiger partial charge in [-0.25, -0.2) is 0 Å². The molecule has 1 N–H and O–H groups in total. The Morgan fingerprint density at radius 2 is 1.82 bits per heavy atom. The monoisotopic (exact) mass is 321 g/mol. The van der Waals surface area contributed by atoms with E-state index in [0.717, 1.165) is 12.2 Å². The molecule has 2 aromatic rings. The van der Waals surface area contributed by atoms with Crippen molar-refractivity contribution in [1.82, 2.24) is 14.8 Å². The Morgan fingerprint density at radius 1 is 1.18 bits per heavy atom. The minimum Gasteiger partial charge on any atom is -0.351 e. The third kappa shape index (κ3) is 4.50. The summed E-state index contributed by atoms with van der Waals surface area (Å²) < 4.78 is 13.7. The molecule has 1 aromatic carbocycles. The predicted octanol–water partition coefficient (Wildman–Crippen LogP) is 3.24. The average Bonchev–Trinajstić information content (AvgIpc) is 2.83.